The van der Waals surface area contributed by atoms with E-state index in [4.69, 9.17) is 0 Å². The van der Waals surface area contributed by atoms with Gasteiger partial charge in [-0.15, -0.1) is 0 Å². The third-order valence-corrected chi connectivity index (χ3v) is 0.669. The second kappa shape index (κ2) is 1.75. The number of halogens is 3. The Kier molecular flexibility index (Phi) is 1.19. The molecule has 0 spiro atoms. The molecule has 49 valence electrons. The normalized spacial score (nSPS) is 11.9. The fourth-order valence-corrected chi connectivity index (χ4v) is 0.318. The highest BCUT2D eigenvalue weighted by Crippen LogP contribution is 2.27. The smallest absolute Gasteiger partial charge is 0.428 e. The van der Waals surface area contributed by atoms with Gasteiger partial charge in [-0.1, -0.05) is 0 Å². The number of hydrogen-bond acceptors (Lipinski definition) is 2. The minimum atomic E-state index is -4.44. The van der Waals surface area contributed by atoms with Crippen LogP contribution < -0.4 is 0 Å². The Hall–Kier alpha value is -1.00. The van der Waals surface area contributed by atoms with Gasteiger partial charge in [-0.25, -0.2) is 4.98 Å². The van der Waals surface area contributed by atoms with Crippen molar-refractivity contribution in [1.82, 2.24) is 4.98 Å². The summed E-state index contributed by atoms with van der Waals surface area (Å²) in [7, 11) is 0. The fraction of sp³-hybridized carbons (Fsp3) is 0.250. The summed E-state index contributed by atoms with van der Waals surface area (Å²) in [6.07, 6.45) is -2.18. The number of rotatable bonds is 0. The van der Waals surface area contributed by atoms with Crippen LogP contribution in [0.25, 0.3) is 0 Å². The number of hydrogen-bond donors (Lipinski definition) is 0. The maximum atomic E-state index is 11.5. The monoisotopic (exact) mass is 136 g/mol. The molecule has 0 aliphatic heterocycles. The predicted octanol–water partition coefficient (Wildman–Crippen LogP) is 1.49. The Balaban J connectivity index is 2.90. The third-order valence-electron chi connectivity index (χ3n) is 0.669. The molecule has 0 unspecified atom stereocenters. The van der Waals surface area contributed by atoms with Crippen LogP contribution in [0, 0.1) is 6.39 Å². The second-order valence-electron chi connectivity index (χ2n) is 1.31. The molecule has 0 aliphatic rings. The quantitative estimate of drug-likeness (QED) is 0.540. The Morgan fingerprint density at radius 1 is 1.56 bits per heavy atom. The van der Waals surface area contributed by atoms with Gasteiger partial charge in [-0.05, 0) is 0 Å². The zero-order chi connectivity index (χ0) is 6.91. The van der Waals surface area contributed by atoms with Gasteiger partial charge in [-0.3, -0.25) is 0 Å². The van der Waals surface area contributed by atoms with E-state index >= 15 is 0 Å². The highest BCUT2D eigenvalue weighted by molar-refractivity contribution is 4.92. The maximum Gasteiger partial charge on any atom is 0.451 e. The molecular weight excluding hydrogens is 135 g/mol. The topological polar surface area (TPSA) is 26.0 Å². The minimum Gasteiger partial charge on any atom is -0.428 e. The summed E-state index contributed by atoms with van der Waals surface area (Å²) in [5.74, 6) is -1.12. The molecule has 0 atom stereocenters. The maximum absolute atomic E-state index is 11.5. The van der Waals surface area contributed by atoms with Crippen molar-refractivity contribution in [2.24, 2.45) is 0 Å². The van der Waals surface area contributed by atoms with Crippen LogP contribution in [0.5, 0.6) is 0 Å². The first-order valence-electron chi connectivity index (χ1n) is 2.00. The van der Waals surface area contributed by atoms with Gasteiger partial charge in [0.25, 0.3) is 6.39 Å². The van der Waals surface area contributed by atoms with Crippen LogP contribution in [-0.4, -0.2) is 4.98 Å². The molecule has 0 N–H and O–H groups in total. The lowest BCUT2D eigenvalue weighted by atomic mass is 10.5. The number of aromatic nitrogens is 1. The number of alkyl halides is 3. The van der Waals surface area contributed by atoms with Gasteiger partial charge in [0, 0.05) is 0 Å². The Morgan fingerprint density at radius 3 is 2.44 bits per heavy atom. The lowest BCUT2D eigenvalue weighted by Crippen LogP contribution is -2.01. The first-order chi connectivity index (χ1) is 4.11. The molecule has 5 heteroatoms. The van der Waals surface area contributed by atoms with Crippen molar-refractivity contribution < 1.29 is 17.6 Å². The second-order valence-corrected chi connectivity index (χ2v) is 1.31. The first-order valence-corrected chi connectivity index (χ1v) is 2.00. The summed E-state index contributed by atoms with van der Waals surface area (Å²) in [4.78, 5) is 2.98. The Labute approximate surface area is 48.3 Å². The summed E-state index contributed by atoms with van der Waals surface area (Å²) >= 11 is 0. The van der Waals surface area contributed by atoms with Crippen molar-refractivity contribution in [3.63, 3.8) is 0 Å². The highest BCUT2D eigenvalue weighted by Gasteiger charge is 2.34. The summed E-state index contributed by atoms with van der Waals surface area (Å²) in [5.41, 5.74) is 0. The largest absolute Gasteiger partial charge is 0.451 e. The third kappa shape index (κ3) is 1.22. The van der Waals surface area contributed by atoms with Gasteiger partial charge < -0.3 is 4.42 Å². The molecule has 0 bridgehead atoms. The van der Waals surface area contributed by atoms with Crippen molar-refractivity contribution in [2.45, 2.75) is 6.18 Å². The van der Waals surface area contributed by atoms with Crippen molar-refractivity contribution in [3.05, 3.63) is 18.4 Å². The summed E-state index contributed by atoms with van der Waals surface area (Å²) in [6.45, 7) is 0. The van der Waals surface area contributed by atoms with Gasteiger partial charge in [0.1, 0.15) is 0 Å². The standard InChI is InChI=1S/C4HF3NO/c5-4(6,7)3-1-8-2-9-3/h1H. The van der Waals surface area contributed by atoms with Crippen LogP contribution >= 0.6 is 0 Å². The molecule has 0 aromatic carbocycles. The van der Waals surface area contributed by atoms with E-state index in [1.807, 2.05) is 0 Å². The van der Waals surface area contributed by atoms with Crippen molar-refractivity contribution >= 4 is 0 Å². The molecule has 1 radical (unpaired) electrons. The van der Waals surface area contributed by atoms with E-state index in [9.17, 15) is 13.2 Å². The molecule has 1 aromatic heterocycles. The molecule has 9 heavy (non-hydrogen) atoms. The molecule has 1 heterocycles. The van der Waals surface area contributed by atoms with Gasteiger partial charge >= 0.3 is 6.18 Å². The molecular formula is C4HF3NO. The van der Waals surface area contributed by atoms with Crippen LogP contribution in [-0.2, 0) is 6.18 Å². The molecule has 0 aliphatic carbocycles. The summed E-state index contributed by atoms with van der Waals surface area (Å²) in [5, 5.41) is 0. The van der Waals surface area contributed by atoms with Crippen LogP contribution in [0.2, 0.25) is 0 Å². The fourth-order valence-electron chi connectivity index (χ4n) is 0.318. The lowest BCUT2D eigenvalue weighted by Gasteiger charge is -1.97. The van der Waals surface area contributed by atoms with Crippen molar-refractivity contribution in [3.8, 4) is 0 Å². The molecule has 1 rings (SSSR count). The van der Waals surface area contributed by atoms with Crippen molar-refractivity contribution in [2.75, 3.05) is 0 Å². The van der Waals surface area contributed by atoms with E-state index < -0.39 is 11.9 Å². The highest BCUT2D eigenvalue weighted by atomic mass is 19.4. The van der Waals surface area contributed by atoms with E-state index in [1.54, 1.807) is 6.39 Å². The van der Waals surface area contributed by atoms with Crippen LogP contribution in [0.1, 0.15) is 5.76 Å². The van der Waals surface area contributed by atoms with Gasteiger partial charge in [-0.2, -0.15) is 13.2 Å². The van der Waals surface area contributed by atoms with Crippen LogP contribution in [0.4, 0.5) is 13.2 Å². The summed E-state index contributed by atoms with van der Waals surface area (Å²) < 4.78 is 38.2. The Bertz CT molecular complexity index is 178. The molecule has 2 nitrogen and oxygen atoms in total. The van der Waals surface area contributed by atoms with Crippen molar-refractivity contribution in [1.29, 1.82) is 0 Å². The van der Waals surface area contributed by atoms with E-state index in [1.165, 1.54) is 0 Å². The number of nitrogens with zero attached hydrogens (tertiary/aromatic N) is 1. The minimum absolute atomic E-state index is 0.569. The van der Waals surface area contributed by atoms with E-state index in [0.717, 1.165) is 0 Å². The average Bonchev–Trinajstić information content (AvgIpc) is 2.08. The van der Waals surface area contributed by atoms with E-state index in [0.29, 0.717) is 6.20 Å². The molecule has 0 saturated carbocycles. The van der Waals surface area contributed by atoms with Gasteiger partial charge in [0.15, 0.2) is 0 Å². The van der Waals surface area contributed by atoms with Gasteiger partial charge in [0.05, 0.1) is 6.20 Å². The van der Waals surface area contributed by atoms with E-state index in [2.05, 4.69) is 9.40 Å². The predicted molar refractivity (Wildman–Crippen MR) is 20.3 cm³/mol. The Morgan fingerprint density at radius 2 is 2.22 bits per heavy atom. The van der Waals surface area contributed by atoms with Gasteiger partial charge in [0.2, 0.25) is 5.76 Å². The molecule has 0 fully saturated rings. The first kappa shape index (κ1) is 6.12. The van der Waals surface area contributed by atoms with E-state index in [-0.39, 0.29) is 0 Å². The zero-order valence-electron chi connectivity index (χ0n) is 4.07. The number of oxazole rings is 1. The zero-order valence-corrected chi connectivity index (χ0v) is 4.07. The van der Waals surface area contributed by atoms with Crippen LogP contribution in [0.15, 0.2) is 10.6 Å². The average molecular weight is 136 g/mol. The molecule has 0 amide bonds. The molecule has 1 aromatic rings. The SMILES string of the molecule is FC(F)(F)c1cn[c]o1. The summed E-state index contributed by atoms with van der Waals surface area (Å²) in [6, 6.07) is 0. The lowest BCUT2D eigenvalue weighted by molar-refractivity contribution is -0.153. The molecule has 0 saturated heterocycles. The van der Waals surface area contributed by atoms with Crippen LogP contribution in [0.3, 0.4) is 0 Å².